The van der Waals surface area contributed by atoms with Crippen LogP contribution in [0.3, 0.4) is 0 Å². The number of hydrogen-bond donors (Lipinski definition) is 0. The summed E-state index contributed by atoms with van der Waals surface area (Å²) in [6.07, 6.45) is 2.49. The van der Waals surface area contributed by atoms with E-state index in [-0.39, 0.29) is 0 Å². The van der Waals surface area contributed by atoms with Crippen molar-refractivity contribution in [3.63, 3.8) is 0 Å². The minimum absolute atomic E-state index is 0.292. The molecule has 0 aliphatic rings. The molecular formula is C21H37N. The Morgan fingerprint density at radius 3 is 2.09 bits per heavy atom. The van der Waals surface area contributed by atoms with Gasteiger partial charge in [-0.25, -0.2) is 0 Å². The summed E-state index contributed by atoms with van der Waals surface area (Å²) in [5.41, 5.74) is 4.57. The van der Waals surface area contributed by atoms with E-state index in [1.165, 1.54) is 29.5 Å². The lowest BCUT2D eigenvalue weighted by Crippen LogP contribution is -2.39. The number of aryl methyl sites for hydroxylation is 2. The van der Waals surface area contributed by atoms with Gasteiger partial charge in [0, 0.05) is 6.04 Å². The highest BCUT2D eigenvalue weighted by molar-refractivity contribution is 5.32. The van der Waals surface area contributed by atoms with Crippen LogP contribution in [-0.2, 0) is 0 Å². The first-order valence-corrected chi connectivity index (χ1v) is 8.83. The Balaban J connectivity index is 2.97. The number of nitrogens with zero attached hydrogens (tertiary/aromatic N) is 1. The topological polar surface area (TPSA) is 3.24 Å². The summed E-state index contributed by atoms with van der Waals surface area (Å²) in [6, 6.07) is 7.63. The van der Waals surface area contributed by atoms with Gasteiger partial charge in [0.25, 0.3) is 0 Å². The van der Waals surface area contributed by atoms with Crippen molar-refractivity contribution in [3.8, 4) is 0 Å². The lowest BCUT2D eigenvalue weighted by Gasteiger charge is -2.40. The first-order valence-electron chi connectivity index (χ1n) is 8.83. The van der Waals surface area contributed by atoms with Crippen LogP contribution >= 0.6 is 0 Å². The summed E-state index contributed by atoms with van der Waals surface area (Å²) < 4.78 is 0. The largest absolute Gasteiger partial charge is 0.306 e. The molecular weight excluding hydrogens is 266 g/mol. The van der Waals surface area contributed by atoms with Crippen LogP contribution in [0.4, 0.5) is 0 Å². The molecule has 126 valence electrons. The fraction of sp³-hybridized carbons (Fsp3) is 0.714. The molecule has 1 heteroatoms. The third kappa shape index (κ3) is 4.59. The highest BCUT2D eigenvalue weighted by Crippen LogP contribution is 2.41. The molecule has 0 spiro atoms. The van der Waals surface area contributed by atoms with Gasteiger partial charge in [-0.3, -0.25) is 0 Å². The fourth-order valence-corrected chi connectivity index (χ4v) is 3.37. The monoisotopic (exact) mass is 303 g/mol. The minimum atomic E-state index is 0.292. The second-order valence-corrected chi connectivity index (χ2v) is 8.17. The Morgan fingerprint density at radius 1 is 1.05 bits per heavy atom. The fourth-order valence-electron chi connectivity index (χ4n) is 3.37. The molecule has 1 aromatic rings. The van der Waals surface area contributed by atoms with Crippen LogP contribution in [0.1, 0.15) is 70.1 Å². The zero-order chi connectivity index (χ0) is 17.1. The van der Waals surface area contributed by atoms with E-state index in [0.717, 1.165) is 5.92 Å². The van der Waals surface area contributed by atoms with Crippen molar-refractivity contribution in [1.29, 1.82) is 0 Å². The van der Waals surface area contributed by atoms with Crippen LogP contribution in [0.15, 0.2) is 18.2 Å². The second-order valence-electron chi connectivity index (χ2n) is 8.17. The van der Waals surface area contributed by atoms with Crippen molar-refractivity contribution in [1.82, 2.24) is 4.90 Å². The highest BCUT2D eigenvalue weighted by atomic mass is 15.1. The predicted octanol–water partition coefficient (Wildman–Crippen LogP) is 5.80. The predicted molar refractivity (Wildman–Crippen MR) is 99.7 cm³/mol. The molecule has 0 amide bonds. The standard InChI is InChI=1S/C21H37N/c1-10-15(2)20(22(8)9)14-21(6,7)18(5)19-12-11-16(3)17(4)13-19/h11-13,15,18,20H,10,14H2,1-9H3. The van der Waals surface area contributed by atoms with Gasteiger partial charge in [-0.05, 0) is 68.3 Å². The third-order valence-electron chi connectivity index (χ3n) is 5.90. The molecule has 0 aliphatic carbocycles. The SMILES string of the molecule is CCC(C)C(CC(C)(C)C(C)c1ccc(C)c(C)c1)N(C)C. The first-order chi connectivity index (χ1) is 10.1. The van der Waals surface area contributed by atoms with E-state index in [9.17, 15) is 0 Å². The van der Waals surface area contributed by atoms with E-state index in [1.807, 2.05) is 0 Å². The van der Waals surface area contributed by atoms with Gasteiger partial charge in [-0.1, -0.05) is 59.2 Å². The van der Waals surface area contributed by atoms with E-state index < -0.39 is 0 Å². The van der Waals surface area contributed by atoms with Gasteiger partial charge >= 0.3 is 0 Å². The molecule has 0 N–H and O–H groups in total. The Labute approximate surface area is 139 Å². The molecule has 22 heavy (non-hydrogen) atoms. The van der Waals surface area contributed by atoms with Crippen LogP contribution in [0.2, 0.25) is 0 Å². The molecule has 0 aromatic heterocycles. The molecule has 0 saturated carbocycles. The Bertz CT molecular complexity index is 473. The number of hydrogen-bond acceptors (Lipinski definition) is 1. The van der Waals surface area contributed by atoms with Crippen molar-refractivity contribution >= 4 is 0 Å². The van der Waals surface area contributed by atoms with Crippen LogP contribution in [0.25, 0.3) is 0 Å². The maximum absolute atomic E-state index is 2.44. The Morgan fingerprint density at radius 2 is 1.64 bits per heavy atom. The van der Waals surface area contributed by atoms with Gasteiger partial charge in [0.1, 0.15) is 0 Å². The van der Waals surface area contributed by atoms with Crippen molar-refractivity contribution in [2.45, 2.75) is 73.3 Å². The van der Waals surface area contributed by atoms with Crippen LogP contribution in [0, 0.1) is 25.2 Å². The zero-order valence-electron chi connectivity index (χ0n) is 16.3. The van der Waals surface area contributed by atoms with Crippen molar-refractivity contribution < 1.29 is 0 Å². The van der Waals surface area contributed by atoms with E-state index >= 15 is 0 Å². The smallest absolute Gasteiger partial charge is 0.0120 e. The lowest BCUT2D eigenvalue weighted by molar-refractivity contribution is 0.130. The van der Waals surface area contributed by atoms with Crippen LogP contribution in [-0.4, -0.2) is 25.0 Å². The van der Waals surface area contributed by atoms with Gasteiger partial charge in [0.2, 0.25) is 0 Å². The molecule has 0 radical (unpaired) electrons. The van der Waals surface area contributed by atoms with Gasteiger partial charge in [0.15, 0.2) is 0 Å². The molecule has 0 fully saturated rings. The molecule has 3 unspecified atom stereocenters. The first kappa shape index (κ1) is 19.2. The summed E-state index contributed by atoms with van der Waals surface area (Å²) in [5.74, 6) is 1.31. The molecule has 0 aliphatic heterocycles. The normalized spacial score (nSPS) is 16.6. The van der Waals surface area contributed by atoms with E-state index in [2.05, 4.69) is 85.7 Å². The molecule has 0 saturated heterocycles. The van der Waals surface area contributed by atoms with E-state index in [0.29, 0.717) is 17.4 Å². The minimum Gasteiger partial charge on any atom is -0.306 e. The molecule has 1 nitrogen and oxygen atoms in total. The average molecular weight is 304 g/mol. The Hall–Kier alpha value is -0.820. The maximum atomic E-state index is 2.44. The third-order valence-corrected chi connectivity index (χ3v) is 5.90. The summed E-state index contributed by atoms with van der Waals surface area (Å²) in [5, 5.41) is 0. The summed E-state index contributed by atoms with van der Waals surface area (Å²) in [7, 11) is 4.46. The summed E-state index contributed by atoms with van der Waals surface area (Å²) >= 11 is 0. The van der Waals surface area contributed by atoms with Crippen LogP contribution < -0.4 is 0 Å². The lowest BCUT2D eigenvalue weighted by atomic mass is 9.70. The summed E-state index contributed by atoms with van der Waals surface area (Å²) in [6.45, 7) is 16.4. The quantitative estimate of drug-likeness (QED) is 0.615. The van der Waals surface area contributed by atoms with Crippen molar-refractivity contribution in [3.05, 3.63) is 34.9 Å². The molecule has 0 bridgehead atoms. The van der Waals surface area contributed by atoms with Crippen molar-refractivity contribution in [2.24, 2.45) is 11.3 Å². The van der Waals surface area contributed by atoms with Gasteiger partial charge in [-0.2, -0.15) is 0 Å². The zero-order valence-corrected chi connectivity index (χ0v) is 16.3. The number of benzene rings is 1. The highest BCUT2D eigenvalue weighted by Gasteiger charge is 2.32. The second kappa shape index (κ2) is 7.64. The Kier molecular flexibility index (Phi) is 6.67. The average Bonchev–Trinajstić information content (AvgIpc) is 2.45. The maximum Gasteiger partial charge on any atom is 0.0120 e. The van der Waals surface area contributed by atoms with Crippen LogP contribution in [0.5, 0.6) is 0 Å². The number of rotatable bonds is 7. The molecule has 3 atom stereocenters. The molecule has 0 heterocycles. The van der Waals surface area contributed by atoms with E-state index in [4.69, 9.17) is 0 Å². The van der Waals surface area contributed by atoms with Gasteiger partial charge in [-0.15, -0.1) is 0 Å². The molecule has 1 rings (SSSR count). The van der Waals surface area contributed by atoms with Crippen molar-refractivity contribution in [2.75, 3.05) is 14.1 Å². The van der Waals surface area contributed by atoms with Gasteiger partial charge in [0.05, 0.1) is 0 Å². The summed E-state index contributed by atoms with van der Waals surface area (Å²) in [4.78, 5) is 2.42. The van der Waals surface area contributed by atoms with E-state index in [1.54, 1.807) is 0 Å². The van der Waals surface area contributed by atoms with Gasteiger partial charge < -0.3 is 4.90 Å². The molecule has 1 aromatic carbocycles.